The van der Waals surface area contributed by atoms with E-state index in [0.29, 0.717) is 18.9 Å². The van der Waals surface area contributed by atoms with Crippen LogP contribution in [-0.4, -0.2) is 18.1 Å². The number of amides is 1. The van der Waals surface area contributed by atoms with Crippen molar-refractivity contribution in [1.82, 2.24) is 5.32 Å². The van der Waals surface area contributed by atoms with Crippen molar-refractivity contribution in [2.24, 2.45) is 11.7 Å². The summed E-state index contributed by atoms with van der Waals surface area (Å²) < 4.78 is 5.99. The number of aryl methyl sites for hydroxylation is 1. The molecule has 3 atom stereocenters. The van der Waals surface area contributed by atoms with Gasteiger partial charge in [0.05, 0.1) is 6.10 Å². The highest BCUT2D eigenvalue weighted by Crippen LogP contribution is 2.27. The molecule has 1 aromatic rings. The molecular formula is C19H31ClN2O2. The predicted octanol–water partition coefficient (Wildman–Crippen LogP) is 3.73. The van der Waals surface area contributed by atoms with E-state index in [4.69, 9.17) is 10.5 Å². The fraction of sp³-hybridized carbons (Fsp3) is 0.632. The first kappa shape index (κ1) is 20.8. The van der Waals surface area contributed by atoms with Crippen LogP contribution in [0.3, 0.4) is 0 Å². The lowest BCUT2D eigenvalue weighted by Gasteiger charge is -2.18. The molecule has 0 radical (unpaired) electrons. The quantitative estimate of drug-likeness (QED) is 0.784. The molecule has 0 spiro atoms. The predicted molar refractivity (Wildman–Crippen MR) is 101 cm³/mol. The van der Waals surface area contributed by atoms with Gasteiger partial charge < -0.3 is 15.8 Å². The first-order valence-electron chi connectivity index (χ1n) is 8.78. The molecule has 5 heteroatoms. The van der Waals surface area contributed by atoms with Gasteiger partial charge in [-0.2, -0.15) is 0 Å². The molecule has 24 heavy (non-hydrogen) atoms. The molecule has 2 rings (SSSR count). The van der Waals surface area contributed by atoms with Gasteiger partial charge in [-0.15, -0.1) is 12.4 Å². The minimum Gasteiger partial charge on any atom is -0.490 e. The second-order valence-electron chi connectivity index (χ2n) is 6.78. The van der Waals surface area contributed by atoms with Gasteiger partial charge >= 0.3 is 0 Å². The number of hydrogen-bond acceptors (Lipinski definition) is 3. The molecule has 1 saturated carbocycles. The Hall–Kier alpha value is -1.26. The molecule has 0 aliphatic heterocycles. The molecule has 3 N–H and O–H groups in total. The third-order valence-corrected chi connectivity index (χ3v) is 4.77. The van der Waals surface area contributed by atoms with Gasteiger partial charge in [-0.1, -0.05) is 25.5 Å². The number of rotatable bonds is 7. The minimum absolute atomic E-state index is 0. The van der Waals surface area contributed by atoms with Gasteiger partial charge in [0.1, 0.15) is 5.75 Å². The highest BCUT2D eigenvalue weighted by Gasteiger charge is 2.25. The highest BCUT2D eigenvalue weighted by molar-refractivity contribution is 5.85. The van der Waals surface area contributed by atoms with Crippen molar-refractivity contribution in [3.63, 3.8) is 0 Å². The van der Waals surface area contributed by atoms with Crippen molar-refractivity contribution in [2.45, 2.75) is 71.6 Å². The summed E-state index contributed by atoms with van der Waals surface area (Å²) in [6, 6.07) is 6.32. The molecule has 0 bridgehead atoms. The highest BCUT2D eigenvalue weighted by atomic mass is 35.5. The van der Waals surface area contributed by atoms with E-state index in [1.165, 1.54) is 0 Å². The Kier molecular flexibility index (Phi) is 8.57. The number of carbonyl (C=O) groups is 1. The van der Waals surface area contributed by atoms with Gasteiger partial charge in [0.15, 0.2) is 0 Å². The average Bonchev–Trinajstić information content (AvgIpc) is 2.91. The van der Waals surface area contributed by atoms with E-state index < -0.39 is 0 Å². The number of hydrogen-bond donors (Lipinski definition) is 2. The number of ether oxygens (including phenoxy) is 1. The third kappa shape index (κ3) is 5.99. The Labute approximate surface area is 151 Å². The molecule has 0 heterocycles. The second-order valence-corrected chi connectivity index (χ2v) is 6.78. The summed E-state index contributed by atoms with van der Waals surface area (Å²) in [5.41, 5.74) is 8.24. The maximum absolute atomic E-state index is 12.2. The van der Waals surface area contributed by atoms with E-state index in [1.54, 1.807) is 0 Å². The van der Waals surface area contributed by atoms with Crippen molar-refractivity contribution in [3.8, 4) is 5.75 Å². The first-order valence-corrected chi connectivity index (χ1v) is 8.78. The zero-order valence-electron chi connectivity index (χ0n) is 15.0. The van der Waals surface area contributed by atoms with Gasteiger partial charge in [-0.3, -0.25) is 4.79 Å². The first-order chi connectivity index (χ1) is 11.0. The van der Waals surface area contributed by atoms with Crippen LogP contribution in [0, 0.1) is 12.8 Å². The number of carbonyl (C=O) groups excluding carboxylic acids is 1. The zero-order chi connectivity index (χ0) is 16.8. The second kappa shape index (κ2) is 9.90. The van der Waals surface area contributed by atoms with Gasteiger partial charge in [-0.25, -0.2) is 0 Å². The number of nitrogens with one attached hydrogen (secondary N) is 1. The van der Waals surface area contributed by atoms with Crippen molar-refractivity contribution in [3.05, 3.63) is 29.3 Å². The summed E-state index contributed by atoms with van der Waals surface area (Å²) in [4.78, 5) is 12.2. The molecular weight excluding hydrogens is 324 g/mol. The van der Waals surface area contributed by atoms with E-state index >= 15 is 0 Å². The monoisotopic (exact) mass is 354 g/mol. The van der Waals surface area contributed by atoms with Crippen LogP contribution < -0.4 is 15.8 Å². The van der Waals surface area contributed by atoms with Crippen LogP contribution in [0.15, 0.2) is 18.2 Å². The van der Waals surface area contributed by atoms with Crippen LogP contribution in [0.25, 0.3) is 0 Å². The van der Waals surface area contributed by atoms with Crippen molar-refractivity contribution in [2.75, 3.05) is 0 Å². The summed E-state index contributed by atoms with van der Waals surface area (Å²) in [5.74, 6) is 1.29. The fourth-order valence-corrected chi connectivity index (χ4v) is 3.04. The maximum Gasteiger partial charge on any atom is 0.220 e. The Balaban J connectivity index is 0.00000288. The molecule has 1 aliphatic rings. The standard InChI is InChI=1S/C19H30N2O2.ClH/c1-4-14(3)23-18-10-13(2)8-9-16(18)12-21-19(22)11-15-6-5-7-17(15)20;/h8-10,14-15,17H,4-7,11-12,20H2,1-3H3,(H,21,22);1H/t14?,15-,17+;/m0./s1. The maximum atomic E-state index is 12.2. The fourth-order valence-electron chi connectivity index (χ4n) is 3.04. The van der Waals surface area contributed by atoms with Crippen LogP contribution in [0.2, 0.25) is 0 Å². The molecule has 1 aliphatic carbocycles. The minimum atomic E-state index is 0. The van der Waals surface area contributed by atoms with E-state index in [9.17, 15) is 4.79 Å². The molecule has 136 valence electrons. The van der Waals surface area contributed by atoms with Gasteiger partial charge in [-0.05, 0) is 50.7 Å². The average molecular weight is 355 g/mol. The van der Waals surface area contributed by atoms with Crippen LogP contribution in [-0.2, 0) is 11.3 Å². The molecule has 1 amide bonds. The van der Waals surface area contributed by atoms with Crippen LogP contribution in [0.1, 0.15) is 57.1 Å². The Morgan fingerprint density at radius 3 is 2.79 bits per heavy atom. The Morgan fingerprint density at radius 2 is 2.17 bits per heavy atom. The smallest absolute Gasteiger partial charge is 0.220 e. The van der Waals surface area contributed by atoms with Gasteiger partial charge in [0.25, 0.3) is 0 Å². The van der Waals surface area contributed by atoms with E-state index in [2.05, 4.69) is 25.2 Å². The van der Waals surface area contributed by atoms with Crippen LogP contribution in [0.5, 0.6) is 5.75 Å². The van der Waals surface area contributed by atoms with Crippen molar-refractivity contribution >= 4 is 18.3 Å². The lowest BCUT2D eigenvalue weighted by Crippen LogP contribution is -2.31. The molecule has 0 aromatic heterocycles. The summed E-state index contributed by atoms with van der Waals surface area (Å²) >= 11 is 0. The third-order valence-electron chi connectivity index (χ3n) is 4.77. The summed E-state index contributed by atoms with van der Waals surface area (Å²) in [7, 11) is 0. The molecule has 1 fully saturated rings. The Morgan fingerprint density at radius 1 is 1.42 bits per heavy atom. The van der Waals surface area contributed by atoms with E-state index in [1.807, 2.05) is 19.1 Å². The van der Waals surface area contributed by atoms with Crippen molar-refractivity contribution < 1.29 is 9.53 Å². The lowest BCUT2D eigenvalue weighted by molar-refractivity contribution is -0.122. The van der Waals surface area contributed by atoms with Crippen molar-refractivity contribution in [1.29, 1.82) is 0 Å². The normalized spacial score (nSPS) is 21.0. The van der Waals surface area contributed by atoms with E-state index in [0.717, 1.165) is 42.6 Å². The Bertz CT molecular complexity index is 536. The summed E-state index contributed by atoms with van der Waals surface area (Å²) in [5, 5.41) is 3.02. The number of benzene rings is 1. The van der Waals surface area contributed by atoms with E-state index in [-0.39, 0.29) is 30.5 Å². The summed E-state index contributed by atoms with van der Waals surface area (Å²) in [6.45, 7) is 6.72. The lowest BCUT2D eigenvalue weighted by atomic mass is 10.00. The molecule has 1 unspecified atom stereocenters. The largest absolute Gasteiger partial charge is 0.490 e. The van der Waals surface area contributed by atoms with Crippen LogP contribution >= 0.6 is 12.4 Å². The topological polar surface area (TPSA) is 64.3 Å². The van der Waals surface area contributed by atoms with Crippen LogP contribution in [0.4, 0.5) is 0 Å². The molecule has 4 nitrogen and oxygen atoms in total. The number of nitrogens with two attached hydrogens (primary N) is 1. The van der Waals surface area contributed by atoms with Gasteiger partial charge in [0, 0.05) is 24.6 Å². The van der Waals surface area contributed by atoms with Gasteiger partial charge in [0.2, 0.25) is 5.91 Å². The molecule has 1 aromatic carbocycles. The zero-order valence-corrected chi connectivity index (χ0v) is 15.8. The molecule has 0 saturated heterocycles. The summed E-state index contributed by atoms with van der Waals surface area (Å²) in [6.07, 6.45) is 4.92. The SMILES string of the molecule is CCC(C)Oc1cc(C)ccc1CNC(=O)C[C@@H]1CCC[C@H]1N.Cl. The number of halogens is 1.